The number of carbonyl (C=O) groups excluding carboxylic acids is 2. The molecule has 2 amide bonds. The molecule has 0 unspecified atom stereocenters. The van der Waals surface area contributed by atoms with Gasteiger partial charge in [-0.15, -0.1) is 0 Å². The van der Waals surface area contributed by atoms with E-state index in [1.165, 1.54) is 6.07 Å². The zero-order chi connectivity index (χ0) is 18.8. The van der Waals surface area contributed by atoms with E-state index in [-0.39, 0.29) is 5.69 Å². The fourth-order valence-electron chi connectivity index (χ4n) is 2.14. The third-order valence-corrected chi connectivity index (χ3v) is 3.70. The number of benzene rings is 2. The van der Waals surface area contributed by atoms with E-state index in [1.54, 1.807) is 19.1 Å². The highest BCUT2D eigenvalue weighted by atomic mass is 35.5. The molecule has 2 aromatic rings. The monoisotopic (exact) mass is 370 g/mol. The largest absolute Gasteiger partial charge is 0.417 e. The Balaban J connectivity index is 2.12. The third-order valence-electron chi connectivity index (χ3n) is 3.37. The topological polar surface area (TPSA) is 58.2 Å². The van der Waals surface area contributed by atoms with Crippen molar-refractivity contribution in [3.63, 3.8) is 0 Å². The predicted molar refractivity (Wildman–Crippen MR) is 89.6 cm³/mol. The van der Waals surface area contributed by atoms with Crippen molar-refractivity contribution in [3.8, 4) is 0 Å². The number of hydrogen-bond donors (Lipinski definition) is 2. The van der Waals surface area contributed by atoms with Gasteiger partial charge in [-0.1, -0.05) is 29.3 Å². The van der Waals surface area contributed by atoms with Crippen molar-refractivity contribution in [3.05, 3.63) is 58.1 Å². The van der Waals surface area contributed by atoms with Crippen molar-refractivity contribution in [2.24, 2.45) is 0 Å². The zero-order valence-electron chi connectivity index (χ0n) is 13.3. The van der Waals surface area contributed by atoms with Gasteiger partial charge in [-0.2, -0.15) is 13.2 Å². The van der Waals surface area contributed by atoms with Crippen LogP contribution in [0.15, 0.2) is 36.4 Å². The van der Waals surface area contributed by atoms with Gasteiger partial charge in [0.2, 0.25) is 0 Å². The van der Waals surface area contributed by atoms with Gasteiger partial charge in [-0.05, 0) is 43.7 Å². The standard InChI is InChI=1S/C17H14ClF3N2O2/c1-9-3-6-14(10(2)7-9)23-16(25)15(24)22-11-4-5-13(18)12(8-11)17(19,20)21/h3-8H,1-2H3,(H,22,24)(H,23,25). The molecule has 0 fully saturated rings. The van der Waals surface area contributed by atoms with Crippen LogP contribution >= 0.6 is 11.6 Å². The Kier molecular flexibility index (Phi) is 5.37. The van der Waals surface area contributed by atoms with Gasteiger partial charge >= 0.3 is 18.0 Å². The molecule has 0 aliphatic rings. The van der Waals surface area contributed by atoms with Crippen LogP contribution < -0.4 is 10.6 Å². The minimum Gasteiger partial charge on any atom is -0.318 e. The maximum absolute atomic E-state index is 12.8. The first-order valence-electron chi connectivity index (χ1n) is 7.14. The Labute approximate surface area is 147 Å². The fraction of sp³-hybridized carbons (Fsp3) is 0.176. The highest BCUT2D eigenvalue weighted by Crippen LogP contribution is 2.36. The molecule has 0 saturated heterocycles. The van der Waals surface area contributed by atoms with Gasteiger partial charge in [0, 0.05) is 11.4 Å². The molecule has 0 aliphatic heterocycles. The fourth-order valence-corrected chi connectivity index (χ4v) is 2.37. The number of amides is 2. The van der Waals surface area contributed by atoms with Crippen LogP contribution in [0.4, 0.5) is 24.5 Å². The van der Waals surface area contributed by atoms with E-state index in [1.807, 2.05) is 13.0 Å². The quantitative estimate of drug-likeness (QED) is 0.762. The first-order valence-corrected chi connectivity index (χ1v) is 7.52. The molecule has 0 aliphatic carbocycles. The minimum atomic E-state index is -4.67. The van der Waals surface area contributed by atoms with Crippen molar-refractivity contribution in [2.45, 2.75) is 20.0 Å². The lowest BCUT2D eigenvalue weighted by molar-refractivity contribution is -0.137. The summed E-state index contributed by atoms with van der Waals surface area (Å²) in [6.07, 6.45) is -4.67. The lowest BCUT2D eigenvalue weighted by Crippen LogP contribution is -2.29. The number of aryl methyl sites for hydroxylation is 2. The summed E-state index contributed by atoms with van der Waals surface area (Å²) in [5, 5.41) is 4.04. The number of nitrogens with one attached hydrogen (secondary N) is 2. The van der Waals surface area contributed by atoms with Crippen LogP contribution in [0.5, 0.6) is 0 Å². The summed E-state index contributed by atoms with van der Waals surface area (Å²) in [5.41, 5.74) is 0.907. The number of alkyl halides is 3. The highest BCUT2D eigenvalue weighted by Gasteiger charge is 2.33. The minimum absolute atomic E-state index is 0.183. The SMILES string of the molecule is Cc1ccc(NC(=O)C(=O)Nc2ccc(Cl)c(C(F)(F)F)c2)c(C)c1. The molecular weight excluding hydrogens is 357 g/mol. The van der Waals surface area contributed by atoms with E-state index in [2.05, 4.69) is 10.6 Å². The Morgan fingerprint density at radius 1 is 0.960 bits per heavy atom. The summed E-state index contributed by atoms with van der Waals surface area (Å²) in [6, 6.07) is 8.07. The number of anilines is 2. The van der Waals surface area contributed by atoms with Crippen LogP contribution in [0, 0.1) is 13.8 Å². The lowest BCUT2D eigenvalue weighted by atomic mass is 10.1. The number of rotatable bonds is 2. The predicted octanol–water partition coefficient (Wildman–Crippen LogP) is 4.55. The summed E-state index contributed by atoms with van der Waals surface area (Å²) >= 11 is 5.51. The Hall–Kier alpha value is -2.54. The van der Waals surface area contributed by atoms with E-state index in [9.17, 15) is 22.8 Å². The summed E-state index contributed by atoms with van der Waals surface area (Å²) in [5.74, 6) is -2.08. The second kappa shape index (κ2) is 7.14. The molecule has 0 aromatic heterocycles. The summed E-state index contributed by atoms with van der Waals surface area (Å²) < 4.78 is 38.4. The molecule has 2 N–H and O–H groups in total. The van der Waals surface area contributed by atoms with Crippen LogP contribution in [0.2, 0.25) is 5.02 Å². The Bertz CT molecular complexity index is 835. The Morgan fingerprint density at radius 2 is 1.60 bits per heavy atom. The van der Waals surface area contributed by atoms with Gasteiger partial charge in [0.05, 0.1) is 10.6 Å². The maximum Gasteiger partial charge on any atom is 0.417 e. The van der Waals surface area contributed by atoms with Gasteiger partial charge in [-0.25, -0.2) is 0 Å². The molecule has 2 aromatic carbocycles. The van der Waals surface area contributed by atoms with Crippen LogP contribution in [-0.2, 0) is 15.8 Å². The van der Waals surface area contributed by atoms with E-state index < -0.39 is 28.6 Å². The molecule has 4 nitrogen and oxygen atoms in total. The average molecular weight is 371 g/mol. The molecule has 0 atom stereocenters. The third kappa shape index (κ3) is 4.73. The van der Waals surface area contributed by atoms with Gasteiger partial charge < -0.3 is 10.6 Å². The molecule has 0 radical (unpaired) electrons. The first-order chi connectivity index (χ1) is 11.6. The zero-order valence-corrected chi connectivity index (χ0v) is 14.0. The normalized spacial score (nSPS) is 11.1. The number of hydrogen-bond acceptors (Lipinski definition) is 2. The van der Waals surface area contributed by atoms with E-state index >= 15 is 0 Å². The second-order valence-electron chi connectivity index (χ2n) is 5.42. The van der Waals surface area contributed by atoms with Gasteiger partial charge in [0.25, 0.3) is 0 Å². The molecule has 0 saturated carbocycles. The van der Waals surface area contributed by atoms with Gasteiger partial charge in [0.15, 0.2) is 0 Å². The second-order valence-corrected chi connectivity index (χ2v) is 5.83. The number of halogens is 4. The first kappa shape index (κ1) is 18.8. The van der Waals surface area contributed by atoms with E-state index in [0.29, 0.717) is 11.8 Å². The maximum atomic E-state index is 12.8. The van der Waals surface area contributed by atoms with Crippen molar-refractivity contribution in [1.82, 2.24) is 0 Å². The van der Waals surface area contributed by atoms with Crippen LogP contribution in [-0.4, -0.2) is 11.8 Å². The van der Waals surface area contributed by atoms with Crippen molar-refractivity contribution >= 4 is 34.8 Å². The molecule has 2 rings (SSSR count). The summed E-state index contributed by atoms with van der Waals surface area (Å²) in [6.45, 7) is 3.64. The van der Waals surface area contributed by atoms with Crippen LogP contribution in [0.3, 0.4) is 0 Å². The van der Waals surface area contributed by atoms with Crippen molar-refractivity contribution in [1.29, 1.82) is 0 Å². The highest BCUT2D eigenvalue weighted by molar-refractivity contribution is 6.43. The summed E-state index contributed by atoms with van der Waals surface area (Å²) in [4.78, 5) is 23.8. The average Bonchev–Trinajstić information content (AvgIpc) is 2.50. The molecular formula is C17H14ClF3N2O2. The molecule has 0 spiro atoms. The van der Waals surface area contributed by atoms with Crippen molar-refractivity contribution < 1.29 is 22.8 Å². The molecule has 0 bridgehead atoms. The molecule has 8 heteroatoms. The molecule has 0 heterocycles. The van der Waals surface area contributed by atoms with Crippen LogP contribution in [0.1, 0.15) is 16.7 Å². The molecule has 132 valence electrons. The Morgan fingerprint density at radius 3 is 2.20 bits per heavy atom. The van der Waals surface area contributed by atoms with Crippen molar-refractivity contribution in [2.75, 3.05) is 10.6 Å². The van der Waals surface area contributed by atoms with Gasteiger partial charge in [0.1, 0.15) is 0 Å². The summed E-state index contributed by atoms with van der Waals surface area (Å²) in [7, 11) is 0. The van der Waals surface area contributed by atoms with E-state index in [4.69, 9.17) is 11.6 Å². The lowest BCUT2D eigenvalue weighted by Gasteiger charge is -2.12. The van der Waals surface area contributed by atoms with Gasteiger partial charge in [-0.3, -0.25) is 9.59 Å². The number of carbonyl (C=O) groups is 2. The van der Waals surface area contributed by atoms with E-state index in [0.717, 1.165) is 17.2 Å². The van der Waals surface area contributed by atoms with Crippen LogP contribution in [0.25, 0.3) is 0 Å². The molecule has 25 heavy (non-hydrogen) atoms. The smallest absolute Gasteiger partial charge is 0.318 e.